The van der Waals surface area contributed by atoms with Crippen molar-refractivity contribution in [2.24, 2.45) is 0 Å². The van der Waals surface area contributed by atoms with Crippen LogP contribution >= 0.6 is 0 Å². The average molecular weight is 389 g/mol. The minimum absolute atomic E-state index is 0.197. The quantitative estimate of drug-likeness (QED) is 0.488. The number of hydrogen-bond acceptors (Lipinski definition) is 6. The fourth-order valence-corrected chi connectivity index (χ4v) is 2.74. The number of hydrogen-bond donors (Lipinski definition) is 1. The lowest BCUT2D eigenvalue weighted by Crippen LogP contribution is -2.42. The van der Waals surface area contributed by atoms with Gasteiger partial charge in [-0.1, -0.05) is 0 Å². The average Bonchev–Trinajstić information content (AvgIpc) is 2.56. The van der Waals surface area contributed by atoms with Crippen molar-refractivity contribution in [2.75, 3.05) is 20.2 Å². The number of carbonyl (C=O) groups excluding carboxylic acids is 1. The van der Waals surface area contributed by atoms with E-state index in [0.717, 1.165) is 12.1 Å². The molecule has 0 saturated heterocycles. The highest BCUT2D eigenvalue weighted by Gasteiger charge is 2.26. The molecule has 1 aromatic carbocycles. The van der Waals surface area contributed by atoms with Crippen molar-refractivity contribution in [1.82, 2.24) is 10.2 Å². The fourth-order valence-electron chi connectivity index (χ4n) is 2.74. The van der Waals surface area contributed by atoms with Gasteiger partial charge in [-0.3, -0.25) is 19.8 Å². The van der Waals surface area contributed by atoms with Gasteiger partial charge in [-0.2, -0.15) is 8.78 Å². The number of nitro benzene ring substituents is 1. The maximum absolute atomic E-state index is 12.5. The topological polar surface area (TPSA) is 93.9 Å². The van der Waals surface area contributed by atoms with Crippen molar-refractivity contribution >= 4 is 11.6 Å². The lowest BCUT2D eigenvalue weighted by Gasteiger charge is -2.30. The highest BCUT2D eigenvalue weighted by molar-refractivity contribution is 5.99. The van der Waals surface area contributed by atoms with Gasteiger partial charge in [-0.15, -0.1) is 0 Å². The van der Waals surface area contributed by atoms with Crippen LogP contribution in [0, 0.1) is 10.1 Å². The zero-order valence-corrected chi connectivity index (χ0v) is 16.0. The predicted molar refractivity (Wildman–Crippen MR) is 95.6 cm³/mol. The SMILES string of the molecule is COc1cc(C(=O)NCCN(C(C)C)C(C)C)c([N+](=O)[O-])cc1OC(F)F. The lowest BCUT2D eigenvalue weighted by atomic mass is 10.1. The summed E-state index contributed by atoms with van der Waals surface area (Å²) in [5.41, 5.74) is -0.937. The molecule has 1 aromatic rings. The Balaban J connectivity index is 3.02. The maximum Gasteiger partial charge on any atom is 0.387 e. The van der Waals surface area contributed by atoms with Crippen LogP contribution in [0.2, 0.25) is 0 Å². The van der Waals surface area contributed by atoms with Crippen LogP contribution < -0.4 is 14.8 Å². The van der Waals surface area contributed by atoms with Crippen molar-refractivity contribution in [1.29, 1.82) is 0 Å². The summed E-state index contributed by atoms with van der Waals surface area (Å²) >= 11 is 0. The van der Waals surface area contributed by atoms with E-state index in [0.29, 0.717) is 6.54 Å². The third-order valence-electron chi connectivity index (χ3n) is 3.92. The Kier molecular flexibility index (Phi) is 8.35. The van der Waals surface area contributed by atoms with Gasteiger partial charge in [0.25, 0.3) is 11.6 Å². The first-order chi connectivity index (χ1) is 12.6. The van der Waals surface area contributed by atoms with E-state index in [-0.39, 0.29) is 29.9 Å². The predicted octanol–water partition coefficient (Wildman–Crippen LogP) is 3.05. The molecule has 0 aromatic heterocycles. The molecule has 1 N–H and O–H groups in total. The smallest absolute Gasteiger partial charge is 0.387 e. The molecule has 0 spiro atoms. The number of amides is 1. The summed E-state index contributed by atoms with van der Waals surface area (Å²) in [6, 6.07) is 2.31. The minimum Gasteiger partial charge on any atom is -0.493 e. The Bertz CT molecular complexity index is 660. The number of carbonyl (C=O) groups is 1. The van der Waals surface area contributed by atoms with E-state index in [4.69, 9.17) is 4.74 Å². The number of methoxy groups -OCH3 is 1. The molecular formula is C17H25F2N3O5. The molecule has 8 nitrogen and oxygen atoms in total. The van der Waals surface area contributed by atoms with E-state index in [1.165, 1.54) is 7.11 Å². The van der Waals surface area contributed by atoms with Crippen molar-refractivity contribution < 1.29 is 28.0 Å². The molecule has 0 bridgehead atoms. The maximum atomic E-state index is 12.5. The van der Waals surface area contributed by atoms with Gasteiger partial charge in [-0.05, 0) is 27.7 Å². The van der Waals surface area contributed by atoms with Crippen LogP contribution in [0.25, 0.3) is 0 Å². The summed E-state index contributed by atoms with van der Waals surface area (Å²) in [7, 11) is 1.18. The second-order valence-corrected chi connectivity index (χ2v) is 6.34. The summed E-state index contributed by atoms with van der Waals surface area (Å²) < 4.78 is 34.1. The molecule has 0 radical (unpaired) electrons. The second-order valence-electron chi connectivity index (χ2n) is 6.34. The van der Waals surface area contributed by atoms with Gasteiger partial charge in [0.2, 0.25) is 0 Å². The van der Waals surface area contributed by atoms with Gasteiger partial charge in [0, 0.05) is 31.2 Å². The third kappa shape index (κ3) is 6.31. The van der Waals surface area contributed by atoms with Crippen molar-refractivity contribution in [3.8, 4) is 11.5 Å². The van der Waals surface area contributed by atoms with E-state index in [2.05, 4.69) is 15.0 Å². The van der Waals surface area contributed by atoms with Gasteiger partial charge in [0.15, 0.2) is 11.5 Å². The number of nitro groups is 1. The van der Waals surface area contributed by atoms with Crippen LogP contribution in [0.5, 0.6) is 11.5 Å². The number of nitrogens with one attached hydrogen (secondary N) is 1. The summed E-state index contributed by atoms with van der Waals surface area (Å²) in [5.74, 6) is -1.41. The number of rotatable bonds is 10. The summed E-state index contributed by atoms with van der Waals surface area (Å²) in [4.78, 5) is 25.0. The van der Waals surface area contributed by atoms with E-state index < -0.39 is 28.9 Å². The highest BCUT2D eigenvalue weighted by atomic mass is 19.3. The highest BCUT2D eigenvalue weighted by Crippen LogP contribution is 2.35. The Labute approximate surface area is 156 Å². The molecule has 0 fully saturated rings. The lowest BCUT2D eigenvalue weighted by molar-refractivity contribution is -0.385. The second kappa shape index (κ2) is 10.0. The molecule has 0 unspecified atom stereocenters. The van der Waals surface area contributed by atoms with E-state index in [9.17, 15) is 23.7 Å². The Hall–Kier alpha value is -2.49. The number of alkyl halides is 2. The Morgan fingerprint density at radius 1 is 1.22 bits per heavy atom. The summed E-state index contributed by atoms with van der Waals surface area (Å²) in [6.45, 7) is 5.75. The van der Waals surface area contributed by atoms with Crippen molar-refractivity contribution in [2.45, 2.75) is 46.4 Å². The molecule has 0 aliphatic carbocycles. The number of ether oxygens (including phenoxy) is 2. The molecule has 152 valence electrons. The molecule has 10 heteroatoms. The Morgan fingerprint density at radius 2 is 1.81 bits per heavy atom. The van der Waals surface area contributed by atoms with Crippen LogP contribution in [0.3, 0.4) is 0 Å². The molecule has 0 saturated carbocycles. The standard InChI is InChI=1S/C17H25F2N3O5/c1-10(2)21(11(3)4)7-6-20-16(23)12-8-14(26-5)15(27-17(18)19)9-13(12)22(24)25/h8-11,17H,6-7H2,1-5H3,(H,20,23). The number of benzene rings is 1. The van der Waals surface area contributed by atoms with Crippen LogP contribution in [0.1, 0.15) is 38.1 Å². The molecule has 27 heavy (non-hydrogen) atoms. The normalized spacial score (nSPS) is 11.4. The van der Waals surface area contributed by atoms with Gasteiger partial charge >= 0.3 is 6.61 Å². The molecule has 0 aliphatic heterocycles. The zero-order chi connectivity index (χ0) is 20.7. The van der Waals surface area contributed by atoms with Gasteiger partial charge < -0.3 is 14.8 Å². The van der Waals surface area contributed by atoms with Crippen molar-refractivity contribution in [3.63, 3.8) is 0 Å². The molecule has 0 heterocycles. The minimum atomic E-state index is -3.18. The molecule has 1 rings (SSSR count). The third-order valence-corrected chi connectivity index (χ3v) is 3.92. The largest absolute Gasteiger partial charge is 0.493 e. The number of nitrogens with zero attached hydrogens (tertiary/aromatic N) is 2. The summed E-state index contributed by atoms with van der Waals surface area (Å²) in [5, 5.41) is 13.9. The molecule has 1 amide bonds. The van der Waals surface area contributed by atoms with Gasteiger partial charge in [-0.25, -0.2) is 0 Å². The number of halogens is 2. The van der Waals surface area contributed by atoms with Crippen LogP contribution in [0.15, 0.2) is 12.1 Å². The van der Waals surface area contributed by atoms with Gasteiger partial charge in [0.05, 0.1) is 18.1 Å². The van der Waals surface area contributed by atoms with E-state index >= 15 is 0 Å². The molecule has 0 atom stereocenters. The van der Waals surface area contributed by atoms with E-state index in [1.807, 2.05) is 27.7 Å². The molecule has 0 aliphatic rings. The van der Waals surface area contributed by atoms with Crippen molar-refractivity contribution in [3.05, 3.63) is 27.8 Å². The Morgan fingerprint density at radius 3 is 2.26 bits per heavy atom. The van der Waals surface area contributed by atoms with Crippen LogP contribution in [0.4, 0.5) is 14.5 Å². The molecular weight excluding hydrogens is 364 g/mol. The van der Waals surface area contributed by atoms with E-state index in [1.54, 1.807) is 0 Å². The van der Waals surface area contributed by atoms with Gasteiger partial charge in [0.1, 0.15) is 5.56 Å². The first-order valence-electron chi connectivity index (χ1n) is 8.43. The van der Waals surface area contributed by atoms with Crippen LogP contribution in [-0.4, -0.2) is 54.6 Å². The monoisotopic (exact) mass is 389 g/mol. The fraction of sp³-hybridized carbons (Fsp3) is 0.588. The first-order valence-corrected chi connectivity index (χ1v) is 8.43. The first kappa shape index (κ1) is 22.6. The van der Waals surface area contributed by atoms with Crippen LogP contribution in [-0.2, 0) is 0 Å². The summed E-state index contributed by atoms with van der Waals surface area (Å²) in [6.07, 6.45) is 0. The zero-order valence-electron chi connectivity index (χ0n) is 16.0.